The summed E-state index contributed by atoms with van der Waals surface area (Å²) in [5, 5.41) is 19.2. The lowest BCUT2D eigenvalue weighted by Crippen LogP contribution is -2.28. The van der Waals surface area contributed by atoms with E-state index in [0.29, 0.717) is 5.69 Å². The van der Waals surface area contributed by atoms with Crippen molar-refractivity contribution in [3.63, 3.8) is 0 Å². The number of nitrogens with zero attached hydrogens (tertiary/aromatic N) is 3. The van der Waals surface area contributed by atoms with E-state index in [1.807, 2.05) is 12.2 Å². The van der Waals surface area contributed by atoms with Gasteiger partial charge >= 0.3 is 5.69 Å². The molecule has 0 spiro atoms. The van der Waals surface area contributed by atoms with Crippen LogP contribution in [0.4, 0.5) is 11.4 Å². The van der Waals surface area contributed by atoms with Crippen molar-refractivity contribution >= 4 is 46.9 Å². The minimum absolute atomic E-state index is 0.0240. The number of hydrogen-bond acceptors (Lipinski definition) is 7. The number of nitro groups is 1. The molecule has 4 atom stereocenters. The molecule has 2 aromatic rings. The number of amides is 3. The van der Waals surface area contributed by atoms with Crippen LogP contribution in [0.3, 0.4) is 0 Å². The highest BCUT2D eigenvalue weighted by Gasteiger charge is 2.59. The number of benzene rings is 2. The Morgan fingerprint density at radius 3 is 2.46 bits per heavy atom. The molecule has 5 rings (SSSR count). The first-order valence-corrected chi connectivity index (χ1v) is 11.3. The number of hydrogen-bond donors (Lipinski definition) is 1. The quantitative estimate of drug-likeness (QED) is 0.206. The predicted octanol–water partition coefficient (Wildman–Crippen LogP) is 3.41. The van der Waals surface area contributed by atoms with E-state index in [9.17, 15) is 24.5 Å². The second kappa shape index (κ2) is 8.95. The highest BCUT2D eigenvalue weighted by molar-refractivity contribution is 6.31. The Balaban J connectivity index is 1.38. The molecule has 11 heteroatoms. The molecule has 0 aromatic heterocycles. The number of carbonyl (C=O) groups is 3. The summed E-state index contributed by atoms with van der Waals surface area (Å²) < 4.78 is 5.50. The summed E-state index contributed by atoms with van der Waals surface area (Å²) in [6.07, 6.45) is 5.84. The van der Waals surface area contributed by atoms with Crippen molar-refractivity contribution in [3.8, 4) is 5.75 Å². The minimum atomic E-state index is -0.701. The summed E-state index contributed by atoms with van der Waals surface area (Å²) in [7, 11) is 0. The zero-order chi connectivity index (χ0) is 24.7. The van der Waals surface area contributed by atoms with E-state index in [0.717, 1.165) is 23.7 Å². The van der Waals surface area contributed by atoms with Gasteiger partial charge in [-0.05, 0) is 36.5 Å². The Morgan fingerprint density at radius 2 is 1.83 bits per heavy atom. The number of carbonyl (C=O) groups excluding carboxylic acids is 3. The van der Waals surface area contributed by atoms with Gasteiger partial charge in [-0.1, -0.05) is 42.0 Å². The molecule has 0 unspecified atom stereocenters. The fourth-order valence-electron chi connectivity index (χ4n) is 4.97. The van der Waals surface area contributed by atoms with Gasteiger partial charge in [0.15, 0.2) is 6.61 Å². The van der Waals surface area contributed by atoms with Crippen LogP contribution in [-0.4, -0.2) is 40.5 Å². The first kappa shape index (κ1) is 22.7. The van der Waals surface area contributed by atoms with Gasteiger partial charge in [-0.3, -0.25) is 24.5 Å². The number of imide groups is 1. The van der Waals surface area contributed by atoms with Gasteiger partial charge in [-0.25, -0.2) is 0 Å². The van der Waals surface area contributed by atoms with Gasteiger partial charge in [0.25, 0.3) is 17.7 Å². The van der Waals surface area contributed by atoms with Crippen LogP contribution in [0.1, 0.15) is 12.0 Å². The molecule has 10 nitrogen and oxygen atoms in total. The van der Waals surface area contributed by atoms with Crippen LogP contribution in [0.5, 0.6) is 5.75 Å². The zero-order valence-electron chi connectivity index (χ0n) is 18.2. The number of allylic oxidation sites excluding steroid dienone is 2. The molecule has 2 fully saturated rings. The maximum absolute atomic E-state index is 12.9. The molecule has 35 heavy (non-hydrogen) atoms. The fourth-order valence-corrected chi connectivity index (χ4v) is 5.19. The summed E-state index contributed by atoms with van der Waals surface area (Å²) >= 11 is 6.06. The number of ether oxygens (including phenoxy) is 1. The normalized spacial score (nSPS) is 24.3. The molecule has 1 N–H and O–H groups in total. The van der Waals surface area contributed by atoms with Crippen molar-refractivity contribution in [3.05, 3.63) is 75.3 Å². The summed E-state index contributed by atoms with van der Waals surface area (Å²) in [6, 6.07) is 11.1. The van der Waals surface area contributed by atoms with Crippen molar-refractivity contribution in [2.24, 2.45) is 28.8 Å². The largest absolute Gasteiger partial charge is 0.476 e. The molecule has 3 amide bonds. The lowest BCUT2D eigenvalue weighted by molar-refractivity contribution is -0.385. The molecule has 178 valence electrons. The number of anilines is 1. The Labute approximate surface area is 204 Å². The molecular weight excluding hydrogens is 476 g/mol. The lowest BCUT2D eigenvalue weighted by atomic mass is 9.85. The van der Waals surface area contributed by atoms with Crippen LogP contribution in [0.25, 0.3) is 0 Å². The molecule has 2 bridgehead atoms. The van der Waals surface area contributed by atoms with Crippen LogP contribution in [0.2, 0.25) is 5.02 Å². The van der Waals surface area contributed by atoms with Crippen molar-refractivity contribution in [1.29, 1.82) is 0 Å². The van der Waals surface area contributed by atoms with Crippen LogP contribution in [-0.2, 0) is 14.4 Å². The van der Waals surface area contributed by atoms with Crippen LogP contribution in [0, 0.1) is 33.8 Å². The summed E-state index contributed by atoms with van der Waals surface area (Å²) in [5.74, 6) is -2.39. The number of hydrazone groups is 1. The Morgan fingerprint density at radius 1 is 1.17 bits per heavy atom. The summed E-state index contributed by atoms with van der Waals surface area (Å²) in [6.45, 7) is -0.529. The lowest BCUT2D eigenvalue weighted by Gasteiger charge is -2.13. The van der Waals surface area contributed by atoms with Crippen molar-refractivity contribution in [1.82, 2.24) is 5.01 Å². The first-order valence-electron chi connectivity index (χ1n) is 10.9. The standard InChI is InChI=1S/C24H19ClN4O6/c25-16-9-15(11-26-28-23(31)20-13-6-7-14(8-13)21(20)24(28)32)22(18(10-16)29(33)34)35-12-19(30)27-17-4-2-1-3-5-17/h1-7,9-11,13-14,20-21H,8,12H2,(H,27,30)/t13-,14-,20-,21+/m0/s1. The predicted molar refractivity (Wildman–Crippen MR) is 126 cm³/mol. The third kappa shape index (κ3) is 4.17. The minimum Gasteiger partial charge on any atom is -0.476 e. The Kier molecular flexibility index (Phi) is 5.81. The average Bonchev–Trinajstić information content (AvgIpc) is 3.51. The van der Waals surface area contributed by atoms with Gasteiger partial charge in [-0.2, -0.15) is 10.1 Å². The third-order valence-corrected chi connectivity index (χ3v) is 6.64. The maximum Gasteiger partial charge on any atom is 0.313 e. The van der Waals surface area contributed by atoms with Crippen LogP contribution >= 0.6 is 11.6 Å². The molecule has 1 saturated carbocycles. The van der Waals surface area contributed by atoms with Gasteiger partial charge < -0.3 is 10.1 Å². The number of para-hydroxylation sites is 1. The number of halogens is 1. The SMILES string of the molecule is O=C(COc1c(C=NN2C(=O)[C@@H]3[C@H](C2=O)[C@H]2C=C[C@H]3C2)cc(Cl)cc1[N+](=O)[O-])Nc1ccccc1. The van der Waals surface area contributed by atoms with E-state index >= 15 is 0 Å². The Hall–Kier alpha value is -4.05. The van der Waals surface area contributed by atoms with E-state index in [1.54, 1.807) is 30.3 Å². The van der Waals surface area contributed by atoms with Gasteiger partial charge in [0.2, 0.25) is 5.75 Å². The van der Waals surface area contributed by atoms with E-state index in [-0.39, 0.29) is 28.2 Å². The average molecular weight is 495 g/mol. The second-order valence-electron chi connectivity index (χ2n) is 8.54. The van der Waals surface area contributed by atoms with Crippen LogP contribution in [0.15, 0.2) is 59.7 Å². The highest BCUT2D eigenvalue weighted by Crippen LogP contribution is 2.52. The van der Waals surface area contributed by atoms with Gasteiger partial charge in [-0.15, -0.1) is 0 Å². The number of rotatable bonds is 7. The summed E-state index contributed by atoms with van der Waals surface area (Å²) in [5.41, 5.74) is 0.105. The highest BCUT2D eigenvalue weighted by atomic mass is 35.5. The van der Waals surface area contributed by atoms with Crippen molar-refractivity contribution in [2.75, 3.05) is 11.9 Å². The smallest absolute Gasteiger partial charge is 0.313 e. The van der Waals surface area contributed by atoms with Crippen molar-refractivity contribution < 1.29 is 24.0 Å². The topological polar surface area (TPSA) is 131 Å². The second-order valence-corrected chi connectivity index (χ2v) is 8.97. The maximum atomic E-state index is 12.9. The Bertz CT molecular complexity index is 1260. The molecule has 2 aromatic carbocycles. The molecule has 1 heterocycles. The number of fused-ring (bicyclic) bond motifs is 5. The molecule has 2 aliphatic carbocycles. The van der Waals surface area contributed by atoms with E-state index in [1.165, 1.54) is 6.07 Å². The molecule has 1 saturated heterocycles. The fraction of sp³-hybridized carbons (Fsp3) is 0.250. The zero-order valence-corrected chi connectivity index (χ0v) is 18.9. The molecule has 0 radical (unpaired) electrons. The van der Waals surface area contributed by atoms with Gasteiger partial charge in [0.05, 0.1) is 23.0 Å². The van der Waals surface area contributed by atoms with E-state index in [4.69, 9.17) is 16.3 Å². The molecule has 1 aliphatic heterocycles. The molecule has 3 aliphatic rings. The third-order valence-electron chi connectivity index (χ3n) is 6.42. The summed E-state index contributed by atoms with van der Waals surface area (Å²) in [4.78, 5) is 49.0. The van der Waals surface area contributed by atoms with E-state index in [2.05, 4.69) is 10.4 Å². The van der Waals surface area contributed by atoms with Gasteiger partial charge in [0, 0.05) is 22.3 Å². The number of nitro benzene ring substituents is 1. The monoisotopic (exact) mass is 494 g/mol. The van der Waals surface area contributed by atoms with Gasteiger partial charge in [0.1, 0.15) is 0 Å². The molecular formula is C24H19ClN4O6. The van der Waals surface area contributed by atoms with E-state index < -0.39 is 46.8 Å². The van der Waals surface area contributed by atoms with Crippen molar-refractivity contribution in [2.45, 2.75) is 6.42 Å². The number of nitrogens with one attached hydrogen (secondary N) is 1. The van der Waals surface area contributed by atoms with Crippen LogP contribution < -0.4 is 10.1 Å². The first-order chi connectivity index (χ1) is 16.8.